The molecular weight excluding hydrogens is 458 g/mol. The van der Waals surface area contributed by atoms with Crippen molar-refractivity contribution in [2.75, 3.05) is 0 Å². The molecule has 2 aromatic carbocycles. The quantitative estimate of drug-likeness (QED) is 0.258. The van der Waals surface area contributed by atoms with Crippen LogP contribution in [0.3, 0.4) is 0 Å². The molecule has 0 aliphatic heterocycles. The number of fused-ring (bicyclic) bond motifs is 2. The zero-order valence-electron chi connectivity index (χ0n) is 21.2. The van der Waals surface area contributed by atoms with E-state index in [1.165, 1.54) is 28.8 Å². The van der Waals surface area contributed by atoms with E-state index in [1.54, 1.807) is 6.33 Å². The molecular formula is C30H33N7. The number of hydrogen-bond acceptors (Lipinski definition) is 5. The lowest BCUT2D eigenvalue weighted by molar-refractivity contribution is 0.153. The molecule has 0 spiro atoms. The highest BCUT2D eigenvalue weighted by Gasteiger charge is 2.28. The Hall–Kier alpha value is -3.81. The highest BCUT2D eigenvalue weighted by atomic mass is 15.2. The maximum Gasteiger partial charge on any atom is 0.121 e. The number of nitrogens with one attached hydrogen (secondary N) is 3. The fourth-order valence-electron chi connectivity index (χ4n) is 5.38. The fraction of sp³-hybridized carbons (Fsp3) is 0.300. The molecule has 0 radical (unpaired) electrons. The van der Waals surface area contributed by atoms with Gasteiger partial charge in [0.15, 0.2) is 0 Å². The van der Waals surface area contributed by atoms with Crippen LogP contribution in [0.4, 0.5) is 0 Å². The highest BCUT2D eigenvalue weighted by molar-refractivity contribution is 5.74. The van der Waals surface area contributed by atoms with Gasteiger partial charge >= 0.3 is 0 Å². The van der Waals surface area contributed by atoms with Crippen molar-refractivity contribution in [2.45, 2.75) is 58.4 Å². The summed E-state index contributed by atoms with van der Waals surface area (Å²) in [4.78, 5) is 23.3. The minimum Gasteiger partial charge on any atom is -0.348 e. The number of aromatic nitrogens is 5. The molecule has 3 aromatic heterocycles. The largest absolute Gasteiger partial charge is 0.348 e. The summed E-state index contributed by atoms with van der Waals surface area (Å²) in [6.07, 6.45) is 7.08. The van der Waals surface area contributed by atoms with Gasteiger partial charge in [-0.2, -0.15) is 0 Å². The Balaban J connectivity index is 1.20. The fourth-order valence-corrected chi connectivity index (χ4v) is 5.38. The zero-order valence-corrected chi connectivity index (χ0v) is 21.2. The van der Waals surface area contributed by atoms with E-state index in [4.69, 9.17) is 9.97 Å². The van der Waals surface area contributed by atoms with E-state index in [9.17, 15) is 0 Å². The molecule has 1 aliphatic rings. The Bertz CT molecular complexity index is 1430. The number of H-pyrrole nitrogens is 2. The van der Waals surface area contributed by atoms with E-state index < -0.39 is 0 Å². The van der Waals surface area contributed by atoms with Crippen LogP contribution in [0.25, 0.3) is 11.0 Å². The van der Waals surface area contributed by atoms with Crippen LogP contribution in [0.5, 0.6) is 0 Å². The van der Waals surface area contributed by atoms with Crippen molar-refractivity contribution in [2.24, 2.45) is 0 Å². The lowest BCUT2D eigenvalue weighted by Crippen LogP contribution is -2.31. The van der Waals surface area contributed by atoms with E-state index in [0.29, 0.717) is 0 Å². The van der Waals surface area contributed by atoms with Crippen LogP contribution in [0.15, 0.2) is 73.2 Å². The monoisotopic (exact) mass is 491 g/mol. The van der Waals surface area contributed by atoms with E-state index in [2.05, 4.69) is 86.7 Å². The predicted molar refractivity (Wildman–Crippen MR) is 146 cm³/mol. The second kappa shape index (κ2) is 10.7. The number of nitrogens with zero attached hydrogens (tertiary/aromatic N) is 4. The van der Waals surface area contributed by atoms with Gasteiger partial charge in [0.25, 0.3) is 0 Å². The minimum atomic E-state index is 0.275. The Labute approximate surface area is 217 Å². The summed E-state index contributed by atoms with van der Waals surface area (Å²) < 4.78 is 0. The van der Waals surface area contributed by atoms with Crippen LogP contribution < -0.4 is 5.32 Å². The van der Waals surface area contributed by atoms with Gasteiger partial charge in [-0.05, 0) is 61.1 Å². The first-order chi connectivity index (χ1) is 18.2. The third kappa shape index (κ3) is 5.33. The minimum absolute atomic E-state index is 0.275. The van der Waals surface area contributed by atoms with Crippen molar-refractivity contribution in [3.63, 3.8) is 0 Å². The number of imidazole rings is 2. The average Bonchev–Trinajstić information content (AvgIpc) is 3.54. The summed E-state index contributed by atoms with van der Waals surface area (Å²) >= 11 is 0. The van der Waals surface area contributed by atoms with Gasteiger partial charge in [-0.1, -0.05) is 42.5 Å². The second-order valence-electron chi connectivity index (χ2n) is 9.96. The van der Waals surface area contributed by atoms with Crippen LogP contribution in [0.1, 0.15) is 58.5 Å². The zero-order chi connectivity index (χ0) is 25.0. The molecule has 3 N–H and O–H groups in total. The van der Waals surface area contributed by atoms with Gasteiger partial charge in [-0.25, -0.2) is 9.97 Å². The van der Waals surface area contributed by atoms with E-state index in [1.807, 2.05) is 12.3 Å². The lowest BCUT2D eigenvalue weighted by Gasteiger charge is -2.34. The number of hydrogen-bond donors (Lipinski definition) is 3. The van der Waals surface area contributed by atoms with Gasteiger partial charge in [0, 0.05) is 31.5 Å². The molecule has 0 saturated heterocycles. The van der Waals surface area contributed by atoms with Gasteiger partial charge in [0.05, 0.1) is 41.3 Å². The van der Waals surface area contributed by atoms with Crippen LogP contribution in [0, 0.1) is 6.92 Å². The molecule has 6 rings (SSSR count). The normalized spacial score (nSPS) is 15.4. The Morgan fingerprint density at radius 3 is 2.65 bits per heavy atom. The first kappa shape index (κ1) is 23.6. The van der Waals surface area contributed by atoms with Crippen molar-refractivity contribution in [3.05, 3.63) is 113 Å². The molecule has 7 heteroatoms. The van der Waals surface area contributed by atoms with Gasteiger partial charge in [-0.15, -0.1) is 0 Å². The summed E-state index contributed by atoms with van der Waals surface area (Å²) in [6.45, 7) is 5.22. The van der Waals surface area contributed by atoms with Gasteiger partial charge in [-0.3, -0.25) is 9.88 Å². The molecule has 37 heavy (non-hydrogen) atoms. The average molecular weight is 492 g/mol. The first-order valence-electron chi connectivity index (χ1n) is 13.1. The third-order valence-electron chi connectivity index (χ3n) is 7.36. The molecule has 1 atom stereocenters. The van der Waals surface area contributed by atoms with Gasteiger partial charge in [0.1, 0.15) is 5.82 Å². The number of aryl methyl sites for hydroxylation is 2. The molecule has 3 heterocycles. The number of aromatic amines is 2. The van der Waals surface area contributed by atoms with E-state index in [-0.39, 0.29) is 6.04 Å². The third-order valence-corrected chi connectivity index (χ3v) is 7.36. The summed E-state index contributed by atoms with van der Waals surface area (Å²) in [5.74, 6) is 0.999. The maximum absolute atomic E-state index is 4.89. The number of benzene rings is 2. The first-order valence-corrected chi connectivity index (χ1v) is 13.1. The molecule has 0 bridgehead atoms. The van der Waals surface area contributed by atoms with Crippen LogP contribution >= 0.6 is 0 Å². The van der Waals surface area contributed by atoms with Crippen molar-refractivity contribution in [3.8, 4) is 0 Å². The Morgan fingerprint density at radius 2 is 1.81 bits per heavy atom. The van der Waals surface area contributed by atoms with Crippen LogP contribution in [-0.2, 0) is 32.6 Å². The van der Waals surface area contributed by atoms with Gasteiger partial charge < -0.3 is 15.3 Å². The number of rotatable bonds is 9. The van der Waals surface area contributed by atoms with Crippen molar-refractivity contribution in [1.29, 1.82) is 0 Å². The molecule has 5 aromatic rings. The SMILES string of the molecule is Cc1[nH]cnc1CNCc1ccc(CN(Cc2nc3ccccc3[nH]2)C2CCCc3cccnc32)cc1. The van der Waals surface area contributed by atoms with Crippen LogP contribution in [0.2, 0.25) is 0 Å². The van der Waals surface area contributed by atoms with Crippen molar-refractivity contribution < 1.29 is 0 Å². The molecule has 0 amide bonds. The molecule has 188 valence electrons. The van der Waals surface area contributed by atoms with Crippen molar-refractivity contribution in [1.82, 2.24) is 35.1 Å². The summed E-state index contributed by atoms with van der Waals surface area (Å²) in [7, 11) is 0. The molecule has 1 unspecified atom stereocenters. The highest BCUT2D eigenvalue weighted by Crippen LogP contribution is 2.34. The Morgan fingerprint density at radius 1 is 0.946 bits per heavy atom. The summed E-state index contributed by atoms with van der Waals surface area (Å²) in [5.41, 5.74) is 9.45. The maximum atomic E-state index is 4.89. The van der Waals surface area contributed by atoms with Crippen molar-refractivity contribution >= 4 is 11.0 Å². The molecule has 0 saturated carbocycles. The summed E-state index contributed by atoms with van der Waals surface area (Å²) in [5, 5.41) is 3.50. The topological polar surface area (TPSA) is 85.5 Å². The standard InChI is InChI=1S/C30H33N7/c1-21-27(34-20-33-21)17-31-16-22-11-13-23(14-12-22)18-37(19-29-35-25-8-2-3-9-26(25)36-29)28-10-4-6-24-7-5-15-32-30(24)28/h2-3,5,7-9,11-15,20,28,31H,4,6,10,16-19H2,1H3,(H,33,34)(H,35,36). The van der Waals surface area contributed by atoms with Gasteiger partial charge in [0.2, 0.25) is 0 Å². The lowest BCUT2D eigenvalue weighted by atomic mass is 9.90. The Kier molecular flexibility index (Phi) is 6.80. The number of para-hydroxylation sites is 2. The summed E-state index contributed by atoms with van der Waals surface area (Å²) in [6, 6.07) is 21.8. The van der Waals surface area contributed by atoms with Crippen LogP contribution in [-0.4, -0.2) is 29.8 Å². The number of pyridine rings is 1. The molecule has 1 aliphatic carbocycles. The molecule has 0 fully saturated rings. The van der Waals surface area contributed by atoms with E-state index >= 15 is 0 Å². The second-order valence-corrected chi connectivity index (χ2v) is 9.96. The predicted octanol–water partition coefficient (Wildman–Crippen LogP) is 5.36. The smallest absolute Gasteiger partial charge is 0.121 e. The van der Waals surface area contributed by atoms with E-state index in [0.717, 1.165) is 67.3 Å². The molecule has 7 nitrogen and oxygen atoms in total.